The Balaban J connectivity index is 0.000000414. The van der Waals surface area contributed by atoms with Gasteiger partial charge in [-0.3, -0.25) is 19.2 Å². The van der Waals surface area contributed by atoms with Crippen LogP contribution in [0.2, 0.25) is 0 Å². The number of unbranched alkanes of at least 4 members (excludes halogenated alkanes) is 8. The summed E-state index contributed by atoms with van der Waals surface area (Å²) < 4.78 is 50.6. The molecule has 0 saturated heterocycles. The van der Waals surface area contributed by atoms with Crippen LogP contribution < -0.4 is 18.9 Å². The van der Waals surface area contributed by atoms with Crippen molar-refractivity contribution >= 4 is 23.9 Å². The maximum atomic E-state index is 14.5. The van der Waals surface area contributed by atoms with Crippen LogP contribution >= 0.6 is 0 Å². The molecule has 0 unspecified atom stereocenters. The number of ether oxygens (including phenoxy) is 4. The molecule has 0 aromatic heterocycles. The van der Waals surface area contributed by atoms with E-state index in [2.05, 4.69) is 62.4 Å². The van der Waals surface area contributed by atoms with E-state index in [1.54, 1.807) is 24.3 Å². The third-order valence-corrected chi connectivity index (χ3v) is 13.5. The fourth-order valence-corrected chi connectivity index (χ4v) is 8.84. The first-order valence-electron chi connectivity index (χ1n) is 31.6. The number of hydrogen-bond acceptors (Lipinski definition) is 8. The van der Waals surface area contributed by atoms with Crippen molar-refractivity contribution < 1.29 is 46.9 Å². The maximum Gasteiger partial charge on any atom is 0.311 e. The molecule has 0 saturated carbocycles. The lowest BCUT2D eigenvalue weighted by Crippen LogP contribution is -2.09. The summed E-state index contributed by atoms with van der Waals surface area (Å²) in [6.45, 7) is 24.1. The zero-order valence-corrected chi connectivity index (χ0v) is 54.2. The Kier molecular flexibility index (Phi) is 35.5. The van der Waals surface area contributed by atoms with Gasteiger partial charge >= 0.3 is 23.9 Å². The van der Waals surface area contributed by atoms with Gasteiger partial charge in [0.05, 0.1) is 0 Å². The molecule has 8 aromatic carbocycles. The van der Waals surface area contributed by atoms with Crippen molar-refractivity contribution in [3.63, 3.8) is 0 Å². The molecule has 10 heteroatoms. The van der Waals surface area contributed by atoms with Crippen molar-refractivity contribution in [1.82, 2.24) is 0 Å². The van der Waals surface area contributed by atoms with Crippen LogP contribution in [-0.4, -0.2) is 23.9 Å². The van der Waals surface area contributed by atoms with Crippen LogP contribution in [0.1, 0.15) is 168 Å². The van der Waals surface area contributed by atoms with Gasteiger partial charge in [-0.05, 0) is 135 Å². The van der Waals surface area contributed by atoms with Gasteiger partial charge in [-0.2, -0.15) is 0 Å². The van der Waals surface area contributed by atoms with Crippen LogP contribution in [0.5, 0.6) is 23.0 Å². The average Bonchev–Trinajstić information content (AvgIpc) is 3.74. The molecule has 0 atom stereocenters. The van der Waals surface area contributed by atoms with Gasteiger partial charge < -0.3 is 18.9 Å². The van der Waals surface area contributed by atoms with Gasteiger partial charge in [-0.15, -0.1) is 0 Å². The number of carbonyl (C=O) groups excluding carboxylic acids is 4. The SMILES string of the molecule is CC.CC.CC.CC.Cc1ccc(-c2ccc(OC(=O)CCCCCC(=O)Oc3ccc(-c4ccc(C)cc4)c(F)c3)cc2F)cc1.Cc1ccc(-c2ccc(OC(=O)CCCCCCCCCC(=O)Oc3ccc(-c4ccc(C)cc4)cc3)cc2)cc1. The molecule has 8 aromatic rings. The predicted molar refractivity (Wildman–Crippen MR) is 359 cm³/mol. The average molecular weight is 1200 g/mol. The minimum absolute atomic E-state index is 0.141. The molecule has 0 aliphatic carbocycles. The number of halogens is 2. The normalized spacial score (nSPS) is 10.1. The zero-order chi connectivity index (χ0) is 64.6. The summed E-state index contributed by atoms with van der Waals surface area (Å²) in [7, 11) is 0. The Labute approximate surface area is 524 Å². The highest BCUT2D eigenvalue weighted by Crippen LogP contribution is 2.30. The first kappa shape index (κ1) is 73.8. The third kappa shape index (κ3) is 27.0. The number of aryl methyl sites for hydroxylation is 4. The van der Waals surface area contributed by atoms with E-state index >= 15 is 0 Å². The van der Waals surface area contributed by atoms with Gasteiger partial charge in [0.25, 0.3) is 0 Å². The molecule has 468 valence electrons. The van der Waals surface area contributed by atoms with Crippen molar-refractivity contribution in [1.29, 1.82) is 0 Å². The molecule has 0 bridgehead atoms. The van der Waals surface area contributed by atoms with Crippen molar-refractivity contribution in [2.24, 2.45) is 0 Å². The second kappa shape index (κ2) is 42.4. The second-order valence-electron chi connectivity index (χ2n) is 20.2. The standard InChI is InChI=1S/C37H40O4.C33H30F2O4.4C2H6/c1-28-12-16-30(17-13-28)32-20-24-34(25-21-32)40-36(38)10-8-6-4-3-5-7-9-11-37(39)41-35-26-22-33(23-27-35)31-18-14-29(2)15-19-31;1-22-8-12-24(13-9-22)28-18-16-26(20-30(28)34)38-32(36)6-4-3-5-7-33(37)39-27-17-19-29(31(35)21-27)25-14-10-23(2)11-15-25;4*1-2/h12-27H,3-11H2,1-2H3;8-21H,3-7H2,1-2H3;4*1-2H3. The van der Waals surface area contributed by atoms with Gasteiger partial charge in [0.1, 0.15) is 34.6 Å². The van der Waals surface area contributed by atoms with Crippen molar-refractivity contribution in [3.8, 4) is 67.5 Å². The zero-order valence-electron chi connectivity index (χ0n) is 54.2. The summed E-state index contributed by atoms with van der Waals surface area (Å²) in [6, 6.07) is 55.8. The molecule has 0 amide bonds. The Morgan fingerprint density at radius 2 is 0.455 bits per heavy atom. The lowest BCUT2D eigenvalue weighted by molar-refractivity contribution is -0.135. The molecule has 8 rings (SSSR count). The first-order valence-corrected chi connectivity index (χ1v) is 31.6. The molecular formula is C78H94F2O8. The molecule has 0 heterocycles. The van der Waals surface area contributed by atoms with Crippen molar-refractivity contribution in [3.05, 3.63) is 216 Å². The Hall–Kier alpha value is -8.50. The minimum atomic E-state index is -0.468. The summed E-state index contributed by atoms with van der Waals surface area (Å²) in [6.07, 6.45) is 9.68. The Bertz CT molecular complexity index is 3040. The summed E-state index contributed by atoms with van der Waals surface area (Å²) in [5.41, 5.74) is 11.5. The summed E-state index contributed by atoms with van der Waals surface area (Å²) >= 11 is 0. The van der Waals surface area contributed by atoms with E-state index < -0.39 is 23.6 Å². The molecule has 0 spiro atoms. The number of rotatable bonds is 24. The van der Waals surface area contributed by atoms with E-state index in [0.717, 1.165) is 89.5 Å². The van der Waals surface area contributed by atoms with Crippen molar-refractivity contribution in [2.75, 3.05) is 0 Å². The minimum Gasteiger partial charge on any atom is -0.427 e. The van der Waals surface area contributed by atoms with Crippen molar-refractivity contribution in [2.45, 2.75) is 173 Å². The number of esters is 4. The largest absolute Gasteiger partial charge is 0.427 e. The number of benzene rings is 8. The molecule has 88 heavy (non-hydrogen) atoms. The van der Waals surface area contributed by atoms with Gasteiger partial charge in [-0.1, -0.05) is 237 Å². The van der Waals surface area contributed by atoms with Crippen LogP contribution in [0.4, 0.5) is 8.78 Å². The molecule has 0 aliphatic rings. The Morgan fingerprint density at radius 1 is 0.261 bits per heavy atom. The highest BCUT2D eigenvalue weighted by atomic mass is 19.1. The molecule has 0 aliphatic heterocycles. The number of carbonyl (C=O) groups is 4. The lowest BCUT2D eigenvalue weighted by atomic mass is 10.0. The molecule has 8 nitrogen and oxygen atoms in total. The predicted octanol–water partition coefficient (Wildman–Crippen LogP) is 22.1. The van der Waals surface area contributed by atoms with E-state index in [1.807, 2.05) is 166 Å². The Morgan fingerprint density at radius 3 is 0.705 bits per heavy atom. The summed E-state index contributed by atoms with van der Waals surface area (Å²) in [4.78, 5) is 48.7. The van der Waals surface area contributed by atoms with Gasteiger partial charge in [0.15, 0.2) is 0 Å². The molecular weight excluding hydrogens is 1100 g/mol. The maximum absolute atomic E-state index is 14.5. The van der Waals surface area contributed by atoms with E-state index in [1.165, 1.54) is 23.3 Å². The van der Waals surface area contributed by atoms with Gasteiger partial charge in [0, 0.05) is 48.9 Å². The quantitative estimate of drug-likeness (QED) is 0.0335. The van der Waals surface area contributed by atoms with E-state index in [0.29, 0.717) is 54.7 Å². The van der Waals surface area contributed by atoms with Gasteiger partial charge in [-0.25, -0.2) is 8.78 Å². The molecule has 0 N–H and O–H groups in total. The molecule has 0 fully saturated rings. The summed E-state index contributed by atoms with van der Waals surface area (Å²) in [5, 5.41) is 0. The summed E-state index contributed by atoms with van der Waals surface area (Å²) in [5.74, 6) is -0.761. The van der Waals surface area contributed by atoms with Crippen LogP contribution in [0.3, 0.4) is 0 Å². The third-order valence-electron chi connectivity index (χ3n) is 13.5. The lowest BCUT2D eigenvalue weighted by Gasteiger charge is -2.09. The molecule has 0 radical (unpaired) electrons. The van der Waals surface area contributed by atoms with E-state index in [4.69, 9.17) is 18.9 Å². The van der Waals surface area contributed by atoms with E-state index in [-0.39, 0.29) is 36.3 Å². The number of hydrogen-bond donors (Lipinski definition) is 0. The van der Waals surface area contributed by atoms with Crippen LogP contribution in [-0.2, 0) is 19.2 Å². The highest BCUT2D eigenvalue weighted by Gasteiger charge is 2.14. The van der Waals surface area contributed by atoms with Crippen LogP contribution in [0.25, 0.3) is 44.5 Å². The van der Waals surface area contributed by atoms with Crippen LogP contribution in [0, 0.1) is 39.3 Å². The second-order valence-corrected chi connectivity index (χ2v) is 20.2. The topological polar surface area (TPSA) is 105 Å². The monoisotopic (exact) mass is 1200 g/mol. The fourth-order valence-electron chi connectivity index (χ4n) is 8.84. The van der Waals surface area contributed by atoms with Gasteiger partial charge in [0.2, 0.25) is 0 Å². The van der Waals surface area contributed by atoms with E-state index in [9.17, 15) is 28.0 Å². The smallest absolute Gasteiger partial charge is 0.311 e. The highest BCUT2D eigenvalue weighted by molar-refractivity contribution is 5.76. The fraction of sp³-hybridized carbons (Fsp3) is 0.333. The first-order chi connectivity index (χ1) is 42.7. The van der Waals surface area contributed by atoms with Crippen LogP contribution in [0.15, 0.2) is 182 Å².